The zero-order valence-electron chi connectivity index (χ0n) is 26.7. The average molecular weight is 613 g/mol. The van der Waals surface area contributed by atoms with Crippen molar-refractivity contribution in [1.29, 1.82) is 0 Å². The van der Waals surface area contributed by atoms with Gasteiger partial charge in [-0.1, -0.05) is 141 Å². The third kappa shape index (κ3) is 10.1. The molecule has 6 rings (SSSR count). The Bertz CT molecular complexity index is 1550. The molecule has 0 bridgehead atoms. The van der Waals surface area contributed by atoms with E-state index in [1.165, 1.54) is 24.0 Å². The monoisotopic (exact) mass is 612 g/mol. The van der Waals surface area contributed by atoms with Crippen LogP contribution in [0, 0.1) is 5.92 Å². The van der Waals surface area contributed by atoms with Crippen LogP contribution in [0.1, 0.15) is 66.3 Å². The maximum atomic E-state index is 13.1. The van der Waals surface area contributed by atoms with Gasteiger partial charge in [0.2, 0.25) is 0 Å². The van der Waals surface area contributed by atoms with Crippen molar-refractivity contribution >= 4 is 5.97 Å². The second-order valence-electron chi connectivity index (χ2n) is 11.8. The van der Waals surface area contributed by atoms with E-state index in [1.807, 2.05) is 103 Å². The number of esters is 1. The molecular weight excluding hydrogens is 568 g/mol. The van der Waals surface area contributed by atoms with Crippen LogP contribution in [0.25, 0.3) is 0 Å². The maximum absolute atomic E-state index is 13.1. The van der Waals surface area contributed by atoms with Gasteiger partial charge in [0.25, 0.3) is 0 Å². The normalized spacial score (nSPS) is 15.1. The van der Waals surface area contributed by atoms with Crippen LogP contribution < -0.4 is 9.47 Å². The maximum Gasteiger partial charge on any atom is 0.313 e. The van der Waals surface area contributed by atoms with E-state index in [0.29, 0.717) is 25.7 Å². The predicted octanol–water partition coefficient (Wildman–Crippen LogP) is 10.1. The molecule has 0 saturated carbocycles. The first-order valence-electron chi connectivity index (χ1n) is 16.4. The SMILES string of the molecule is CCCCC1Cc2cc(OCc3ccccc3)ccc2C(C(=O)OCc2ccccc2)C1.c1ccc(COc2ccccc2)cc1. The van der Waals surface area contributed by atoms with E-state index in [9.17, 15) is 4.79 Å². The van der Waals surface area contributed by atoms with Crippen LogP contribution in [-0.2, 0) is 35.8 Å². The molecule has 0 fully saturated rings. The standard InChI is InChI=1S/C29H32O3.C13H12O/c1-2-3-10-24-17-25-19-26(31-20-22-11-6-4-7-12-22)15-16-27(25)28(18-24)29(30)32-21-23-13-8-5-9-14-23;1-3-7-12(8-4-1)11-14-13-9-5-2-6-10-13/h4-9,11-16,19,24,28H,2-3,10,17-18,20-21H2,1H3;1-10H,11H2. The number of carbonyl (C=O) groups excluding carboxylic acids is 1. The highest BCUT2D eigenvalue weighted by molar-refractivity contribution is 5.79. The summed E-state index contributed by atoms with van der Waals surface area (Å²) in [5.74, 6) is 1.96. The minimum absolute atomic E-state index is 0.116. The van der Waals surface area contributed by atoms with Crippen LogP contribution in [0.5, 0.6) is 11.5 Å². The van der Waals surface area contributed by atoms with E-state index >= 15 is 0 Å². The third-order valence-electron chi connectivity index (χ3n) is 8.28. The van der Waals surface area contributed by atoms with Crippen LogP contribution in [-0.4, -0.2) is 5.97 Å². The molecular formula is C42H44O4. The molecule has 5 aromatic carbocycles. The molecule has 2 atom stereocenters. The summed E-state index contributed by atoms with van der Waals surface area (Å²) < 4.78 is 17.4. The topological polar surface area (TPSA) is 44.8 Å². The Balaban J connectivity index is 0.000000247. The molecule has 2 unspecified atom stereocenters. The second kappa shape index (κ2) is 17.6. The molecule has 0 radical (unpaired) electrons. The summed E-state index contributed by atoms with van der Waals surface area (Å²) >= 11 is 0. The number of hydrogen-bond donors (Lipinski definition) is 0. The molecule has 0 amide bonds. The lowest BCUT2D eigenvalue weighted by Crippen LogP contribution is -2.26. The van der Waals surface area contributed by atoms with Crippen molar-refractivity contribution in [3.63, 3.8) is 0 Å². The molecule has 0 heterocycles. The fraction of sp³-hybridized carbons (Fsp3) is 0.262. The van der Waals surface area contributed by atoms with E-state index in [2.05, 4.69) is 43.3 Å². The van der Waals surface area contributed by atoms with Crippen molar-refractivity contribution in [2.24, 2.45) is 5.92 Å². The summed E-state index contributed by atoms with van der Waals surface area (Å²) in [6.07, 6.45) is 5.38. The second-order valence-corrected chi connectivity index (χ2v) is 11.8. The van der Waals surface area contributed by atoms with Gasteiger partial charge in [-0.15, -0.1) is 0 Å². The minimum Gasteiger partial charge on any atom is -0.489 e. The van der Waals surface area contributed by atoms with Gasteiger partial charge in [0.05, 0.1) is 5.92 Å². The van der Waals surface area contributed by atoms with Gasteiger partial charge in [-0.2, -0.15) is 0 Å². The Kier molecular flexibility index (Phi) is 12.5. The lowest BCUT2D eigenvalue weighted by molar-refractivity contribution is -0.147. The highest BCUT2D eigenvalue weighted by Gasteiger charge is 2.33. The van der Waals surface area contributed by atoms with Crippen LogP contribution in [0.2, 0.25) is 0 Å². The van der Waals surface area contributed by atoms with Gasteiger partial charge in [0.15, 0.2) is 0 Å². The number of unbranched alkanes of at least 4 members (excludes halogenated alkanes) is 1. The molecule has 0 spiro atoms. The lowest BCUT2D eigenvalue weighted by atomic mass is 9.75. The van der Waals surface area contributed by atoms with Crippen molar-refractivity contribution in [2.75, 3.05) is 0 Å². The lowest BCUT2D eigenvalue weighted by Gasteiger charge is -2.31. The fourth-order valence-corrected chi connectivity index (χ4v) is 5.81. The van der Waals surface area contributed by atoms with E-state index in [4.69, 9.17) is 14.2 Å². The van der Waals surface area contributed by atoms with E-state index in [1.54, 1.807) is 0 Å². The van der Waals surface area contributed by atoms with Crippen molar-refractivity contribution in [2.45, 2.75) is 64.8 Å². The van der Waals surface area contributed by atoms with Crippen LogP contribution >= 0.6 is 0 Å². The molecule has 4 heteroatoms. The van der Waals surface area contributed by atoms with Crippen LogP contribution in [0.15, 0.2) is 140 Å². The average Bonchev–Trinajstić information content (AvgIpc) is 3.12. The Morgan fingerprint density at radius 2 is 1.15 bits per heavy atom. The highest BCUT2D eigenvalue weighted by atomic mass is 16.5. The molecule has 0 saturated heterocycles. The van der Waals surface area contributed by atoms with Crippen LogP contribution in [0.4, 0.5) is 0 Å². The Morgan fingerprint density at radius 3 is 1.72 bits per heavy atom. The van der Waals surface area contributed by atoms with Gasteiger partial charge in [0, 0.05) is 0 Å². The number of para-hydroxylation sites is 1. The number of hydrogen-bond acceptors (Lipinski definition) is 4. The van der Waals surface area contributed by atoms with Gasteiger partial charge in [-0.25, -0.2) is 0 Å². The molecule has 1 aliphatic rings. The zero-order chi connectivity index (χ0) is 31.8. The molecule has 1 aliphatic carbocycles. The van der Waals surface area contributed by atoms with Gasteiger partial charge >= 0.3 is 5.97 Å². The number of carbonyl (C=O) groups is 1. The quantitative estimate of drug-likeness (QED) is 0.132. The van der Waals surface area contributed by atoms with Crippen LogP contribution in [0.3, 0.4) is 0 Å². The molecule has 236 valence electrons. The number of rotatable bonds is 12. The molecule has 5 aromatic rings. The molecule has 0 N–H and O–H groups in total. The van der Waals surface area contributed by atoms with E-state index in [-0.39, 0.29) is 11.9 Å². The molecule has 0 aromatic heterocycles. The van der Waals surface area contributed by atoms with Gasteiger partial charge in [0.1, 0.15) is 31.3 Å². The zero-order valence-corrected chi connectivity index (χ0v) is 26.7. The molecule has 4 nitrogen and oxygen atoms in total. The summed E-state index contributed by atoms with van der Waals surface area (Å²) in [5.41, 5.74) is 5.68. The third-order valence-corrected chi connectivity index (χ3v) is 8.28. The van der Waals surface area contributed by atoms with Gasteiger partial charge < -0.3 is 14.2 Å². The summed E-state index contributed by atoms with van der Waals surface area (Å²) in [5, 5.41) is 0. The van der Waals surface area contributed by atoms with Gasteiger partial charge in [-0.3, -0.25) is 4.79 Å². The fourth-order valence-electron chi connectivity index (χ4n) is 5.81. The first-order valence-corrected chi connectivity index (χ1v) is 16.4. The molecule has 0 aliphatic heterocycles. The van der Waals surface area contributed by atoms with Crippen molar-refractivity contribution in [3.05, 3.63) is 167 Å². The number of benzene rings is 5. The summed E-state index contributed by atoms with van der Waals surface area (Å²) in [6, 6.07) is 46.3. The largest absolute Gasteiger partial charge is 0.489 e. The Labute approximate surface area is 274 Å². The van der Waals surface area contributed by atoms with Crippen molar-refractivity contribution < 1.29 is 19.0 Å². The first-order chi connectivity index (χ1) is 22.7. The van der Waals surface area contributed by atoms with E-state index < -0.39 is 0 Å². The smallest absolute Gasteiger partial charge is 0.313 e. The van der Waals surface area contributed by atoms with Gasteiger partial charge in [-0.05, 0) is 70.8 Å². The first kappa shape index (κ1) is 32.6. The Hall–Kier alpha value is -4.83. The summed E-state index contributed by atoms with van der Waals surface area (Å²) in [4.78, 5) is 13.1. The van der Waals surface area contributed by atoms with Crippen molar-refractivity contribution in [3.8, 4) is 11.5 Å². The van der Waals surface area contributed by atoms with Crippen molar-refractivity contribution in [1.82, 2.24) is 0 Å². The highest BCUT2D eigenvalue weighted by Crippen LogP contribution is 2.39. The number of fused-ring (bicyclic) bond motifs is 1. The summed E-state index contributed by atoms with van der Waals surface area (Å²) in [7, 11) is 0. The minimum atomic E-state index is -0.201. The number of ether oxygens (including phenoxy) is 3. The molecule has 46 heavy (non-hydrogen) atoms. The van der Waals surface area contributed by atoms with E-state index in [0.717, 1.165) is 47.5 Å². The predicted molar refractivity (Wildman–Crippen MR) is 185 cm³/mol. The summed E-state index contributed by atoms with van der Waals surface area (Å²) in [6.45, 7) is 3.72. The Morgan fingerprint density at radius 1 is 0.630 bits per heavy atom.